The SMILES string of the molecule is CC(=O)c1[c]ccn[c]1. The van der Waals surface area contributed by atoms with Crippen molar-refractivity contribution >= 4 is 5.78 Å². The molecule has 0 bridgehead atoms. The van der Waals surface area contributed by atoms with Crippen LogP contribution in [-0.2, 0) is 0 Å². The van der Waals surface area contributed by atoms with E-state index in [1.807, 2.05) is 0 Å². The summed E-state index contributed by atoms with van der Waals surface area (Å²) in [4.78, 5) is 14.2. The lowest BCUT2D eigenvalue weighted by Crippen LogP contribution is -1.91. The number of hydrogen-bond donors (Lipinski definition) is 0. The number of Topliss-reactive ketones (excluding diaryl/α,β-unsaturated/α-hetero) is 1. The highest BCUT2D eigenvalue weighted by Gasteiger charge is 1.95. The van der Waals surface area contributed by atoms with Crippen LogP contribution in [-0.4, -0.2) is 10.8 Å². The summed E-state index contributed by atoms with van der Waals surface area (Å²) in [5, 5.41) is 0. The van der Waals surface area contributed by atoms with E-state index >= 15 is 0 Å². The highest BCUT2D eigenvalue weighted by molar-refractivity contribution is 5.93. The minimum absolute atomic E-state index is 0.0527. The van der Waals surface area contributed by atoms with E-state index in [0.29, 0.717) is 5.56 Å². The van der Waals surface area contributed by atoms with Crippen molar-refractivity contribution in [1.82, 2.24) is 4.98 Å². The number of carbonyl (C=O) groups is 1. The van der Waals surface area contributed by atoms with Crippen LogP contribution in [0.4, 0.5) is 0 Å². The molecule has 2 nitrogen and oxygen atoms in total. The molecule has 44 valence electrons. The zero-order chi connectivity index (χ0) is 6.69. The molecule has 0 aromatic carbocycles. The van der Waals surface area contributed by atoms with Crippen molar-refractivity contribution in [2.45, 2.75) is 6.92 Å². The average molecular weight is 119 g/mol. The average Bonchev–Trinajstić information content (AvgIpc) is 1.90. The molecule has 0 aliphatic heterocycles. The zero-order valence-electron chi connectivity index (χ0n) is 5.01. The normalized spacial score (nSPS) is 9.00. The molecule has 0 spiro atoms. The number of carbonyl (C=O) groups excluding carboxylic acids is 1. The third kappa shape index (κ3) is 1.35. The van der Waals surface area contributed by atoms with Gasteiger partial charge in [0.2, 0.25) is 0 Å². The van der Waals surface area contributed by atoms with Gasteiger partial charge in [-0.1, -0.05) is 0 Å². The Labute approximate surface area is 53.5 Å². The Hall–Kier alpha value is -1.18. The lowest BCUT2D eigenvalue weighted by molar-refractivity contribution is 0.101. The van der Waals surface area contributed by atoms with Crippen LogP contribution in [0.15, 0.2) is 12.3 Å². The summed E-state index contributed by atoms with van der Waals surface area (Å²) in [6.07, 6.45) is 4.05. The fourth-order valence-corrected chi connectivity index (χ4v) is 0.472. The van der Waals surface area contributed by atoms with Crippen molar-refractivity contribution in [2.75, 3.05) is 0 Å². The van der Waals surface area contributed by atoms with Gasteiger partial charge >= 0.3 is 0 Å². The van der Waals surface area contributed by atoms with E-state index in [1.165, 1.54) is 13.1 Å². The first-order valence-electron chi connectivity index (χ1n) is 2.56. The molecule has 0 N–H and O–H groups in total. The van der Waals surface area contributed by atoms with Crippen LogP contribution in [0.25, 0.3) is 0 Å². The molecule has 2 heteroatoms. The lowest BCUT2D eigenvalue weighted by Gasteiger charge is -1.86. The molecular weight excluding hydrogens is 114 g/mol. The van der Waals surface area contributed by atoms with Gasteiger partial charge in [-0.2, -0.15) is 0 Å². The number of nitrogens with zero attached hydrogens (tertiary/aromatic N) is 1. The highest BCUT2D eigenvalue weighted by atomic mass is 16.1. The molecule has 9 heavy (non-hydrogen) atoms. The molecule has 1 rings (SSSR count). The van der Waals surface area contributed by atoms with Crippen molar-refractivity contribution in [3.05, 3.63) is 30.1 Å². The van der Waals surface area contributed by atoms with E-state index in [-0.39, 0.29) is 5.78 Å². The third-order valence-electron chi connectivity index (χ3n) is 0.905. The summed E-state index contributed by atoms with van der Waals surface area (Å²) in [5.41, 5.74) is 0.414. The highest BCUT2D eigenvalue weighted by Crippen LogP contribution is 1.92. The lowest BCUT2D eigenvalue weighted by atomic mass is 10.2. The van der Waals surface area contributed by atoms with Crippen LogP contribution in [0.3, 0.4) is 0 Å². The largest absolute Gasteiger partial charge is 0.294 e. The minimum Gasteiger partial charge on any atom is -0.294 e. The molecule has 1 aromatic rings. The van der Waals surface area contributed by atoms with Gasteiger partial charge in [-0.05, 0) is 19.1 Å². The molecule has 0 aliphatic rings. The van der Waals surface area contributed by atoms with E-state index in [4.69, 9.17) is 0 Å². The molecular formula is C7H5NO. The molecule has 0 amide bonds. The second-order valence-electron chi connectivity index (χ2n) is 1.63. The molecule has 0 fully saturated rings. The Morgan fingerprint density at radius 1 is 1.78 bits per heavy atom. The summed E-state index contributed by atoms with van der Waals surface area (Å²) < 4.78 is 0. The third-order valence-corrected chi connectivity index (χ3v) is 0.905. The zero-order valence-corrected chi connectivity index (χ0v) is 5.01. The van der Waals surface area contributed by atoms with Crippen molar-refractivity contribution in [1.29, 1.82) is 0 Å². The first-order valence-corrected chi connectivity index (χ1v) is 2.56. The Bertz CT molecular complexity index is 205. The second-order valence-corrected chi connectivity index (χ2v) is 1.63. The maximum Gasteiger partial charge on any atom is 0.162 e. The first-order chi connectivity index (χ1) is 4.30. The van der Waals surface area contributed by atoms with E-state index in [0.717, 1.165) is 0 Å². The maximum absolute atomic E-state index is 10.5. The summed E-state index contributed by atoms with van der Waals surface area (Å²) in [6.45, 7) is 1.46. The summed E-state index contributed by atoms with van der Waals surface area (Å²) >= 11 is 0. The molecule has 1 heterocycles. The molecule has 0 aliphatic carbocycles. The number of ketones is 1. The van der Waals surface area contributed by atoms with Crippen molar-refractivity contribution in [2.24, 2.45) is 0 Å². The van der Waals surface area contributed by atoms with Crippen LogP contribution < -0.4 is 0 Å². The smallest absolute Gasteiger partial charge is 0.162 e. The topological polar surface area (TPSA) is 30.0 Å². The van der Waals surface area contributed by atoms with Crippen molar-refractivity contribution in [3.8, 4) is 0 Å². The molecule has 0 unspecified atom stereocenters. The van der Waals surface area contributed by atoms with Crippen LogP contribution >= 0.6 is 0 Å². The van der Waals surface area contributed by atoms with Gasteiger partial charge in [-0.25, -0.2) is 0 Å². The Morgan fingerprint density at radius 3 is 2.89 bits per heavy atom. The summed E-state index contributed by atoms with van der Waals surface area (Å²) in [5.74, 6) is -0.0527. The summed E-state index contributed by atoms with van der Waals surface area (Å²) in [7, 11) is 0. The fraction of sp³-hybridized carbons (Fsp3) is 0.143. The van der Waals surface area contributed by atoms with Gasteiger partial charge in [-0.3, -0.25) is 9.78 Å². The molecule has 0 saturated carbocycles. The van der Waals surface area contributed by atoms with Crippen molar-refractivity contribution in [3.63, 3.8) is 0 Å². The van der Waals surface area contributed by atoms with Crippen LogP contribution in [0.5, 0.6) is 0 Å². The van der Waals surface area contributed by atoms with Gasteiger partial charge < -0.3 is 0 Å². The fourth-order valence-electron chi connectivity index (χ4n) is 0.472. The monoisotopic (exact) mass is 119 g/mol. The van der Waals surface area contributed by atoms with Gasteiger partial charge in [0.1, 0.15) is 6.20 Å². The number of hydrogen-bond acceptors (Lipinski definition) is 2. The Kier molecular flexibility index (Phi) is 1.58. The quantitative estimate of drug-likeness (QED) is 0.514. The van der Waals surface area contributed by atoms with Gasteiger partial charge in [0, 0.05) is 6.20 Å². The van der Waals surface area contributed by atoms with Gasteiger partial charge in [0.15, 0.2) is 5.78 Å². The Balaban J connectivity index is 2.98. The second kappa shape index (κ2) is 2.40. The molecule has 0 atom stereocenters. The maximum atomic E-state index is 10.5. The summed E-state index contributed by atoms with van der Waals surface area (Å²) in [6, 6.07) is 4.29. The molecule has 0 saturated heterocycles. The Morgan fingerprint density at radius 2 is 2.56 bits per heavy atom. The number of aromatic nitrogens is 1. The molecule has 2 radical (unpaired) electrons. The van der Waals surface area contributed by atoms with E-state index < -0.39 is 0 Å². The van der Waals surface area contributed by atoms with Gasteiger partial charge in [0.05, 0.1) is 5.56 Å². The van der Waals surface area contributed by atoms with Crippen molar-refractivity contribution < 1.29 is 4.79 Å². The van der Waals surface area contributed by atoms with Crippen LogP contribution in [0.2, 0.25) is 0 Å². The van der Waals surface area contributed by atoms with E-state index in [2.05, 4.69) is 17.2 Å². The van der Waals surface area contributed by atoms with E-state index in [9.17, 15) is 4.79 Å². The van der Waals surface area contributed by atoms with Gasteiger partial charge in [0.25, 0.3) is 0 Å². The standard InChI is InChI=1S/C7H5NO/c1-6(9)7-3-2-4-8-5-7/h2,4H,1H3. The first kappa shape index (κ1) is 5.95. The van der Waals surface area contributed by atoms with Gasteiger partial charge in [-0.15, -0.1) is 0 Å². The van der Waals surface area contributed by atoms with Crippen LogP contribution in [0.1, 0.15) is 17.3 Å². The van der Waals surface area contributed by atoms with E-state index in [1.54, 1.807) is 6.07 Å². The number of rotatable bonds is 1. The number of pyridine rings is 1. The predicted octanol–water partition coefficient (Wildman–Crippen LogP) is 0.885. The predicted molar refractivity (Wildman–Crippen MR) is 31.9 cm³/mol. The van der Waals surface area contributed by atoms with Crippen LogP contribution in [0, 0.1) is 12.3 Å². The molecule has 1 aromatic heterocycles. The minimum atomic E-state index is -0.0527.